The van der Waals surface area contributed by atoms with E-state index in [1.807, 2.05) is 43.3 Å². The summed E-state index contributed by atoms with van der Waals surface area (Å²) in [7, 11) is 0. The fourth-order valence-electron chi connectivity index (χ4n) is 2.57. The van der Waals surface area contributed by atoms with Crippen molar-refractivity contribution in [1.29, 1.82) is 0 Å². The fraction of sp³-hybridized carbons (Fsp3) is 0.364. The van der Waals surface area contributed by atoms with Gasteiger partial charge in [0.15, 0.2) is 0 Å². The molecule has 1 amide bonds. The van der Waals surface area contributed by atoms with Crippen molar-refractivity contribution in [3.63, 3.8) is 0 Å². The summed E-state index contributed by atoms with van der Waals surface area (Å²) in [5.74, 6) is 0.391. The van der Waals surface area contributed by atoms with Crippen molar-refractivity contribution in [3.05, 3.63) is 54.1 Å². The fourth-order valence-corrected chi connectivity index (χ4v) is 2.57. The molecule has 0 aliphatic heterocycles. The maximum Gasteiger partial charge on any atom is 0.303 e. The average molecular weight is 385 g/mol. The van der Waals surface area contributed by atoms with Gasteiger partial charge in [0.25, 0.3) is 0 Å². The monoisotopic (exact) mass is 385 g/mol. The molecule has 2 N–H and O–H groups in total. The molecule has 0 atom stereocenters. The highest BCUT2D eigenvalue weighted by Crippen LogP contribution is 2.27. The van der Waals surface area contributed by atoms with Crippen molar-refractivity contribution in [2.45, 2.75) is 39.0 Å². The predicted octanol–water partition coefficient (Wildman–Crippen LogP) is 4.29. The number of carboxylic acids is 1. The van der Waals surface area contributed by atoms with Gasteiger partial charge in [-0.2, -0.15) is 0 Å². The Morgan fingerprint density at radius 3 is 2.50 bits per heavy atom. The number of ether oxygens (including phenoxy) is 2. The van der Waals surface area contributed by atoms with Crippen LogP contribution in [-0.4, -0.2) is 30.2 Å². The molecule has 0 aromatic heterocycles. The molecule has 6 heteroatoms. The second-order valence-corrected chi connectivity index (χ2v) is 6.39. The van der Waals surface area contributed by atoms with Crippen LogP contribution in [0.2, 0.25) is 0 Å². The lowest BCUT2D eigenvalue weighted by molar-refractivity contribution is -0.137. The first-order valence-corrected chi connectivity index (χ1v) is 9.53. The molecular weight excluding hydrogens is 358 g/mol. The zero-order valence-corrected chi connectivity index (χ0v) is 16.1. The molecule has 0 bridgehead atoms. The molecule has 0 saturated carbocycles. The first-order chi connectivity index (χ1) is 13.6. The number of hydrogen-bond acceptors (Lipinski definition) is 4. The molecule has 2 rings (SSSR count). The van der Waals surface area contributed by atoms with E-state index in [1.165, 1.54) is 0 Å². The second-order valence-electron chi connectivity index (χ2n) is 6.39. The van der Waals surface area contributed by atoms with E-state index in [9.17, 15) is 9.59 Å². The predicted molar refractivity (Wildman–Crippen MR) is 108 cm³/mol. The van der Waals surface area contributed by atoms with Gasteiger partial charge < -0.3 is 19.9 Å². The number of para-hydroxylation sites is 1. The maximum atomic E-state index is 12.3. The summed E-state index contributed by atoms with van der Waals surface area (Å²) in [5.41, 5.74) is 1.42. The highest BCUT2D eigenvalue weighted by atomic mass is 16.5. The van der Waals surface area contributed by atoms with Crippen LogP contribution in [0.3, 0.4) is 0 Å². The topological polar surface area (TPSA) is 84.9 Å². The molecule has 0 heterocycles. The van der Waals surface area contributed by atoms with Crippen LogP contribution in [0.25, 0.3) is 0 Å². The molecule has 2 aromatic carbocycles. The largest absolute Gasteiger partial charge is 0.494 e. The minimum atomic E-state index is -0.852. The Morgan fingerprint density at radius 1 is 1.00 bits per heavy atom. The van der Waals surface area contributed by atoms with Gasteiger partial charge in [-0.1, -0.05) is 31.2 Å². The molecule has 6 nitrogen and oxygen atoms in total. The third-order valence-electron chi connectivity index (χ3n) is 3.97. The van der Waals surface area contributed by atoms with Gasteiger partial charge in [0.2, 0.25) is 5.91 Å². The van der Waals surface area contributed by atoms with E-state index < -0.39 is 5.97 Å². The zero-order valence-electron chi connectivity index (χ0n) is 16.1. The first kappa shape index (κ1) is 21.3. The quantitative estimate of drug-likeness (QED) is 0.533. The summed E-state index contributed by atoms with van der Waals surface area (Å²) in [6, 6.07) is 14.9. The average Bonchev–Trinajstić information content (AvgIpc) is 2.69. The van der Waals surface area contributed by atoms with Crippen LogP contribution in [0.1, 0.15) is 38.2 Å². The van der Waals surface area contributed by atoms with Gasteiger partial charge in [-0.15, -0.1) is 0 Å². The van der Waals surface area contributed by atoms with E-state index >= 15 is 0 Å². The Kier molecular flexibility index (Phi) is 8.85. The summed E-state index contributed by atoms with van der Waals surface area (Å²) in [6.07, 6.45) is 2.20. The SMILES string of the molecule is CCCOc1ccc(CCC(=O)O)cc1NC(=O)CCCOc1ccccc1. The van der Waals surface area contributed by atoms with E-state index in [2.05, 4.69) is 5.32 Å². The Labute approximate surface area is 165 Å². The van der Waals surface area contributed by atoms with Crippen LogP contribution < -0.4 is 14.8 Å². The first-order valence-electron chi connectivity index (χ1n) is 9.53. The molecule has 0 fully saturated rings. The highest BCUT2D eigenvalue weighted by Gasteiger charge is 2.10. The van der Waals surface area contributed by atoms with Crippen molar-refractivity contribution < 1.29 is 24.2 Å². The summed E-state index contributed by atoms with van der Waals surface area (Å²) in [4.78, 5) is 23.1. The summed E-state index contributed by atoms with van der Waals surface area (Å²) < 4.78 is 11.3. The van der Waals surface area contributed by atoms with E-state index in [4.69, 9.17) is 14.6 Å². The number of hydrogen-bond donors (Lipinski definition) is 2. The van der Waals surface area contributed by atoms with E-state index in [1.54, 1.807) is 12.1 Å². The molecule has 0 aliphatic carbocycles. The molecule has 0 unspecified atom stereocenters. The third-order valence-corrected chi connectivity index (χ3v) is 3.97. The number of carboxylic acid groups (broad SMARTS) is 1. The van der Waals surface area contributed by atoms with Gasteiger partial charge in [0.05, 0.1) is 18.9 Å². The summed E-state index contributed by atoms with van der Waals surface area (Å²) >= 11 is 0. The normalized spacial score (nSPS) is 10.3. The van der Waals surface area contributed by atoms with Gasteiger partial charge in [-0.05, 0) is 49.1 Å². The van der Waals surface area contributed by atoms with Gasteiger partial charge in [-0.3, -0.25) is 9.59 Å². The number of aliphatic carboxylic acids is 1. The van der Waals surface area contributed by atoms with Crippen molar-refractivity contribution in [2.75, 3.05) is 18.5 Å². The Balaban J connectivity index is 1.89. The van der Waals surface area contributed by atoms with Gasteiger partial charge in [0, 0.05) is 12.8 Å². The minimum absolute atomic E-state index is 0.0410. The molecule has 150 valence electrons. The Bertz CT molecular complexity index is 761. The number of carbonyl (C=O) groups excluding carboxylic acids is 1. The molecule has 0 spiro atoms. The van der Waals surface area contributed by atoms with Crippen molar-refractivity contribution in [3.8, 4) is 11.5 Å². The smallest absolute Gasteiger partial charge is 0.303 e. The maximum absolute atomic E-state index is 12.3. The van der Waals surface area contributed by atoms with Crippen LogP contribution >= 0.6 is 0 Å². The Hall–Kier alpha value is -3.02. The van der Waals surface area contributed by atoms with Crippen LogP contribution in [0, 0.1) is 0 Å². The number of carbonyl (C=O) groups is 2. The van der Waals surface area contributed by atoms with Crippen LogP contribution in [0.5, 0.6) is 11.5 Å². The van der Waals surface area contributed by atoms with Crippen molar-refractivity contribution >= 4 is 17.6 Å². The van der Waals surface area contributed by atoms with Gasteiger partial charge in [-0.25, -0.2) is 0 Å². The number of anilines is 1. The molecule has 0 aliphatic rings. The molecule has 2 aromatic rings. The highest BCUT2D eigenvalue weighted by molar-refractivity contribution is 5.92. The number of amides is 1. The molecule has 28 heavy (non-hydrogen) atoms. The van der Waals surface area contributed by atoms with Crippen LogP contribution in [0.4, 0.5) is 5.69 Å². The lowest BCUT2D eigenvalue weighted by Gasteiger charge is -2.14. The lowest BCUT2D eigenvalue weighted by Crippen LogP contribution is -2.14. The summed E-state index contributed by atoms with van der Waals surface area (Å²) in [6.45, 7) is 3.00. The minimum Gasteiger partial charge on any atom is -0.494 e. The molecule has 0 radical (unpaired) electrons. The van der Waals surface area contributed by atoms with Crippen molar-refractivity contribution in [1.82, 2.24) is 0 Å². The summed E-state index contributed by atoms with van der Waals surface area (Å²) in [5, 5.41) is 11.7. The van der Waals surface area contributed by atoms with Gasteiger partial charge in [0.1, 0.15) is 11.5 Å². The number of nitrogens with one attached hydrogen (secondary N) is 1. The number of rotatable bonds is 12. The van der Waals surface area contributed by atoms with E-state index in [0.29, 0.717) is 43.9 Å². The van der Waals surface area contributed by atoms with E-state index in [-0.39, 0.29) is 12.3 Å². The van der Waals surface area contributed by atoms with Crippen LogP contribution in [-0.2, 0) is 16.0 Å². The second kappa shape index (κ2) is 11.6. The number of benzene rings is 2. The molecular formula is C22H27NO5. The lowest BCUT2D eigenvalue weighted by atomic mass is 10.1. The molecule has 0 saturated heterocycles. The third kappa shape index (κ3) is 7.70. The number of aryl methyl sites for hydroxylation is 1. The van der Waals surface area contributed by atoms with Gasteiger partial charge >= 0.3 is 5.97 Å². The standard InChI is InChI=1S/C22H27NO5/c1-2-14-28-20-12-10-17(11-13-22(25)26)16-19(20)23-21(24)9-6-15-27-18-7-4-3-5-8-18/h3-5,7-8,10,12,16H,2,6,9,11,13-15H2,1H3,(H,23,24)(H,25,26). The zero-order chi connectivity index (χ0) is 20.2. The van der Waals surface area contributed by atoms with E-state index in [0.717, 1.165) is 17.7 Å². The van der Waals surface area contributed by atoms with Crippen LogP contribution in [0.15, 0.2) is 48.5 Å². The Morgan fingerprint density at radius 2 is 1.79 bits per heavy atom. The van der Waals surface area contributed by atoms with Crippen molar-refractivity contribution in [2.24, 2.45) is 0 Å².